The first-order valence-electron chi connectivity index (χ1n) is 9.04. The summed E-state index contributed by atoms with van der Waals surface area (Å²) >= 11 is 0. The number of esters is 1. The number of nitrogens with one attached hydrogen (secondary N) is 2. The molecule has 1 aliphatic rings. The van der Waals surface area contributed by atoms with Gasteiger partial charge in [0.25, 0.3) is 11.8 Å². The fourth-order valence-corrected chi connectivity index (χ4v) is 3.24. The van der Waals surface area contributed by atoms with Gasteiger partial charge < -0.3 is 14.5 Å². The number of nitrogens with zero attached hydrogens (tertiary/aromatic N) is 1. The first kappa shape index (κ1) is 20.1. The number of urea groups is 1. The second-order valence-electron chi connectivity index (χ2n) is 6.63. The largest absolute Gasteiger partial charge is 0.466 e. The van der Waals surface area contributed by atoms with Gasteiger partial charge in [0, 0.05) is 0 Å². The maximum Gasteiger partial charge on any atom is 0.344 e. The van der Waals surface area contributed by atoms with Gasteiger partial charge in [-0.25, -0.2) is 9.59 Å². The van der Waals surface area contributed by atoms with Crippen LogP contribution in [-0.4, -0.2) is 35.4 Å². The molecule has 1 aromatic carbocycles. The van der Waals surface area contributed by atoms with Gasteiger partial charge in [0.15, 0.2) is 6.61 Å². The lowest BCUT2D eigenvalue weighted by molar-refractivity contribution is -0.140. The van der Waals surface area contributed by atoms with E-state index in [1.54, 1.807) is 51.1 Å². The topological polar surface area (TPSA) is 118 Å². The van der Waals surface area contributed by atoms with Gasteiger partial charge in [-0.3, -0.25) is 15.0 Å². The normalized spacial score (nSPS) is 18.5. The first-order chi connectivity index (χ1) is 13.8. The fraction of sp³-hybridized carbons (Fsp3) is 0.300. The summed E-state index contributed by atoms with van der Waals surface area (Å²) in [6.07, 6.45) is 0.294. The van der Waals surface area contributed by atoms with E-state index in [1.165, 1.54) is 6.07 Å². The Morgan fingerprint density at radius 2 is 1.90 bits per heavy atom. The van der Waals surface area contributed by atoms with Crippen LogP contribution in [0.1, 0.15) is 40.8 Å². The molecule has 0 spiro atoms. The molecule has 0 unspecified atom stereocenters. The molecular formula is C20H21N3O6. The van der Waals surface area contributed by atoms with Gasteiger partial charge in [-0.2, -0.15) is 5.01 Å². The Hall–Kier alpha value is -3.62. The van der Waals surface area contributed by atoms with Crippen LogP contribution in [0.4, 0.5) is 4.79 Å². The number of hydrazine groups is 1. The number of furan rings is 1. The average Bonchev–Trinajstić information content (AvgIpc) is 3.17. The Labute approximate surface area is 167 Å². The number of carbonyl (C=O) groups is 4. The van der Waals surface area contributed by atoms with E-state index in [1.807, 2.05) is 0 Å². The highest BCUT2D eigenvalue weighted by atomic mass is 16.5. The summed E-state index contributed by atoms with van der Waals surface area (Å²) in [6.45, 7) is 4.38. The van der Waals surface area contributed by atoms with E-state index < -0.39 is 36.0 Å². The fourth-order valence-electron chi connectivity index (χ4n) is 3.24. The maximum atomic E-state index is 12.9. The van der Waals surface area contributed by atoms with Gasteiger partial charge in [0.1, 0.15) is 22.6 Å². The molecular weight excluding hydrogens is 378 g/mol. The number of benzene rings is 1. The zero-order chi connectivity index (χ0) is 21.2. The van der Waals surface area contributed by atoms with E-state index in [0.29, 0.717) is 28.5 Å². The highest BCUT2D eigenvalue weighted by Crippen LogP contribution is 2.31. The van der Waals surface area contributed by atoms with Crippen LogP contribution in [0.15, 0.2) is 40.8 Å². The van der Waals surface area contributed by atoms with Gasteiger partial charge in [-0.05, 0) is 31.9 Å². The number of aryl methyl sites for hydroxylation is 2. The van der Waals surface area contributed by atoms with Crippen molar-refractivity contribution in [2.45, 2.75) is 32.7 Å². The van der Waals surface area contributed by atoms with E-state index in [0.717, 1.165) is 0 Å². The lowest BCUT2D eigenvalue weighted by Crippen LogP contribution is -2.49. The molecule has 0 aliphatic carbocycles. The van der Waals surface area contributed by atoms with Crippen molar-refractivity contribution in [3.63, 3.8) is 0 Å². The van der Waals surface area contributed by atoms with Crippen molar-refractivity contribution in [2.24, 2.45) is 0 Å². The molecule has 2 N–H and O–H groups in total. The Balaban J connectivity index is 1.66. The van der Waals surface area contributed by atoms with E-state index in [9.17, 15) is 19.2 Å². The number of hydrogen-bond donors (Lipinski definition) is 2. The highest BCUT2D eigenvalue weighted by molar-refractivity contribution is 6.08. The van der Waals surface area contributed by atoms with Crippen molar-refractivity contribution in [1.29, 1.82) is 0 Å². The summed E-state index contributed by atoms with van der Waals surface area (Å²) in [7, 11) is 0. The van der Waals surface area contributed by atoms with Gasteiger partial charge in [0.2, 0.25) is 0 Å². The minimum absolute atomic E-state index is 0.208. The van der Waals surface area contributed by atoms with Crippen LogP contribution in [0.2, 0.25) is 0 Å². The maximum absolute atomic E-state index is 12.9. The summed E-state index contributed by atoms with van der Waals surface area (Å²) in [5.41, 5.74) is 1.74. The molecule has 9 heteroatoms. The second kappa shape index (κ2) is 7.78. The van der Waals surface area contributed by atoms with Gasteiger partial charge in [-0.1, -0.05) is 37.3 Å². The predicted molar refractivity (Wildman–Crippen MR) is 100 cm³/mol. The molecule has 3 rings (SSSR count). The molecule has 0 radical (unpaired) electrons. The standard InChI is InChI=1S/C20H21N3O6/c1-4-20(14-8-6-5-7-9-14)18(26)23(19(27)21-20)22-16(24)11-28-17(25)15-10-12(2)29-13(15)3/h5-10H,4,11H2,1-3H3,(H,21,27)(H,22,24)/t20-/m1/s1. The summed E-state index contributed by atoms with van der Waals surface area (Å²) < 4.78 is 10.2. The van der Waals surface area contributed by atoms with Gasteiger partial charge in [-0.15, -0.1) is 0 Å². The summed E-state index contributed by atoms with van der Waals surface area (Å²) in [5, 5.41) is 3.25. The molecule has 152 valence electrons. The molecule has 4 amide bonds. The molecule has 2 heterocycles. The Bertz CT molecular complexity index is 968. The third-order valence-corrected chi connectivity index (χ3v) is 4.72. The molecule has 29 heavy (non-hydrogen) atoms. The third-order valence-electron chi connectivity index (χ3n) is 4.72. The minimum Gasteiger partial charge on any atom is -0.466 e. The van der Waals surface area contributed by atoms with Crippen molar-refractivity contribution in [3.05, 3.63) is 59.0 Å². The third kappa shape index (κ3) is 3.71. The van der Waals surface area contributed by atoms with Crippen LogP contribution in [-0.2, 0) is 19.9 Å². The molecule has 1 aromatic heterocycles. The van der Waals surface area contributed by atoms with Crippen molar-refractivity contribution >= 4 is 23.8 Å². The molecule has 1 aliphatic heterocycles. The predicted octanol–water partition coefficient (Wildman–Crippen LogP) is 1.94. The van der Waals surface area contributed by atoms with Crippen LogP contribution >= 0.6 is 0 Å². The zero-order valence-corrected chi connectivity index (χ0v) is 16.3. The minimum atomic E-state index is -1.27. The van der Waals surface area contributed by atoms with Crippen LogP contribution in [0, 0.1) is 13.8 Å². The molecule has 0 bridgehead atoms. The molecule has 1 saturated heterocycles. The molecule has 2 aromatic rings. The van der Waals surface area contributed by atoms with E-state index in [2.05, 4.69) is 10.7 Å². The Morgan fingerprint density at radius 3 is 2.48 bits per heavy atom. The smallest absolute Gasteiger partial charge is 0.344 e. The number of imide groups is 1. The van der Waals surface area contributed by atoms with Crippen LogP contribution in [0.3, 0.4) is 0 Å². The first-order valence-corrected chi connectivity index (χ1v) is 9.04. The van der Waals surface area contributed by atoms with Crippen LogP contribution in [0.25, 0.3) is 0 Å². The molecule has 1 atom stereocenters. The molecule has 0 saturated carbocycles. The monoisotopic (exact) mass is 399 g/mol. The lowest BCUT2D eigenvalue weighted by Gasteiger charge is -2.25. The Kier molecular flexibility index (Phi) is 5.40. The highest BCUT2D eigenvalue weighted by Gasteiger charge is 2.52. The van der Waals surface area contributed by atoms with Gasteiger partial charge >= 0.3 is 12.0 Å². The second-order valence-corrected chi connectivity index (χ2v) is 6.63. The quantitative estimate of drug-likeness (QED) is 0.566. The van der Waals surface area contributed by atoms with E-state index >= 15 is 0 Å². The summed E-state index contributed by atoms with van der Waals surface area (Å²) in [4.78, 5) is 49.5. The van der Waals surface area contributed by atoms with Crippen LogP contribution in [0.5, 0.6) is 0 Å². The van der Waals surface area contributed by atoms with Crippen molar-refractivity contribution < 1.29 is 28.3 Å². The van der Waals surface area contributed by atoms with Gasteiger partial charge in [0.05, 0.1) is 0 Å². The van der Waals surface area contributed by atoms with Crippen LogP contribution < -0.4 is 10.7 Å². The number of amides is 4. The average molecular weight is 399 g/mol. The summed E-state index contributed by atoms with van der Waals surface area (Å²) in [6, 6.07) is 9.50. The van der Waals surface area contributed by atoms with Crippen molar-refractivity contribution in [3.8, 4) is 0 Å². The SMILES string of the molecule is CC[C@]1(c2ccccc2)NC(=O)N(NC(=O)COC(=O)c2cc(C)oc2C)C1=O. The lowest BCUT2D eigenvalue weighted by atomic mass is 9.87. The van der Waals surface area contributed by atoms with Crippen molar-refractivity contribution in [1.82, 2.24) is 15.8 Å². The van der Waals surface area contributed by atoms with Crippen molar-refractivity contribution in [2.75, 3.05) is 6.61 Å². The number of ether oxygens (including phenoxy) is 1. The van der Waals surface area contributed by atoms with E-state index in [4.69, 9.17) is 9.15 Å². The summed E-state index contributed by atoms with van der Waals surface area (Å²) in [5.74, 6) is -1.26. The zero-order valence-electron chi connectivity index (χ0n) is 16.3. The Morgan fingerprint density at radius 1 is 1.21 bits per heavy atom. The van der Waals surface area contributed by atoms with E-state index in [-0.39, 0.29) is 5.56 Å². The number of rotatable bonds is 6. The molecule has 1 fully saturated rings. The molecule has 9 nitrogen and oxygen atoms in total. The number of carbonyl (C=O) groups excluding carboxylic acids is 4. The number of hydrogen-bond acceptors (Lipinski definition) is 6.